The molecule has 25 heavy (non-hydrogen) atoms. The van der Waals surface area contributed by atoms with Gasteiger partial charge in [0.05, 0.1) is 22.8 Å². The number of nitrogens with zero attached hydrogens (tertiary/aromatic N) is 4. The van der Waals surface area contributed by atoms with E-state index >= 15 is 0 Å². The van der Waals surface area contributed by atoms with E-state index in [1.807, 2.05) is 43.3 Å². The van der Waals surface area contributed by atoms with Crippen LogP contribution >= 0.6 is 0 Å². The number of benzene rings is 2. The Kier molecular flexibility index (Phi) is 3.74. The van der Waals surface area contributed by atoms with Crippen LogP contribution in [0.15, 0.2) is 61.2 Å². The van der Waals surface area contributed by atoms with E-state index in [9.17, 15) is 4.79 Å². The van der Waals surface area contributed by atoms with Crippen molar-refractivity contribution < 1.29 is 4.79 Å². The van der Waals surface area contributed by atoms with E-state index in [4.69, 9.17) is 0 Å². The third kappa shape index (κ3) is 2.99. The number of nitrogens with one attached hydrogen (secondary N) is 2. The van der Waals surface area contributed by atoms with Crippen LogP contribution in [0.25, 0.3) is 16.7 Å². The summed E-state index contributed by atoms with van der Waals surface area (Å²) in [6.07, 6.45) is 3.08. The van der Waals surface area contributed by atoms with Gasteiger partial charge in [-0.05, 0) is 43.3 Å². The Labute approximate surface area is 143 Å². The molecular weight excluding hydrogens is 316 g/mol. The smallest absolute Gasteiger partial charge is 0.251 e. The monoisotopic (exact) mass is 332 g/mol. The molecular formula is C18H16N6O. The van der Waals surface area contributed by atoms with Crippen molar-refractivity contribution in [1.29, 1.82) is 0 Å². The summed E-state index contributed by atoms with van der Waals surface area (Å²) in [5, 5.41) is 7.02. The molecule has 0 radical (unpaired) electrons. The minimum atomic E-state index is -0.227. The first-order chi connectivity index (χ1) is 12.2. The van der Waals surface area contributed by atoms with E-state index in [1.165, 1.54) is 6.33 Å². The van der Waals surface area contributed by atoms with Crippen LogP contribution in [0, 0.1) is 0 Å². The first-order valence-electron chi connectivity index (χ1n) is 7.91. The molecule has 2 heterocycles. The van der Waals surface area contributed by atoms with Crippen molar-refractivity contribution in [2.24, 2.45) is 0 Å². The van der Waals surface area contributed by atoms with E-state index in [0.717, 1.165) is 22.5 Å². The van der Waals surface area contributed by atoms with Crippen molar-refractivity contribution >= 4 is 16.9 Å². The highest BCUT2D eigenvalue weighted by molar-refractivity contribution is 5.94. The van der Waals surface area contributed by atoms with Gasteiger partial charge in [-0.25, -0.2) is 14.6 Å². The topological polar surface area (TPSA) is 88.5 Å². The Balaban J connectivity index is 1.49. The second-order valence-corrected chi connectivity index (χ2v) is 5.72. The molecule has 2 aromatic heterocycles. The molecule has 0 aliphatic carbocycles. The third-order valence-electron chi connectivity index (χ3n) is 3.98. The van der Waals surface area contributed by atoms with Crippen molar-refractivity contribution in [2.45, 2.75) is 13.0 Å². The second kappa shape index (κ2) is 6.20. The zero-order chi connectivity index (χ0) is 17.2. The third-order valence-corrected chi connectivity index (χ3v) is 3.98. The lowest BCUT2D eigenvalue weighted by Crippen LogP contribution is -2.27. The fourth-order valence-electron chi connectivity index (χ4n) is 2.63. The standard InChI is InChI=1S/C18H16N6O/c1-12(17-22-15-4-2-3-5-16(15)23-17)21-18(25)13-6-8-14(9-7-13)24-11-19-10-20-24/h2-12H,1H3,(H,21,25)(H,22,23)/t12-/m1/s1. The average molecular weight is 332 g/mol. The Morgan fingerprint density at radius 3 is 2.68 bits per heavy atom. The normalized spacial score (nSPS) is 12.2. The summed E-state index contributed by atoms with van der Waals surface area (Å²) in [5.41, 5.74) is 3.26. The van der Waals surface area contributed by atoms with Crippen molar-refractivity contribution in [2.75, 3.05) is 0 Å². The number of imidazole rings is 1. The lowest BCUT2D eigenvalue weighted by Gasteiger charge is -2.11. The molecule has 7 nitrogen and oxygen atoms in total. The zero-order valence-corrected chi connectivity index (χ0v) is 13.5. The quantitative estimate of drug-likeness (QED) is 0.601. The lowest BCUT2D eigenvalue weighted by molar-refractivity contribution is 0.0938. The number of para-hydroxylation sites is 2. The molecule has 0 aliphatic rings. The molecule has 4 aromatic rings. The highest BCUT2D eigenvalue weighted by Crippen LogP contribution is 2.16. The van der Waals surface area contributed by atoms with E-state index in [1.54, 1.807) is 23.1 Å². The van der Waals surface area contributed by atoms with Gasteiger partial charge in [0.2, 0.25) is 0 Å². The molecule has 2 aromatic carbocycles. The molecule has 4 rings (SSSR count). The molecule has 1 atom stereocenters. The van der Waals surface area contributed by atoms with E-state index in [-0.39, 0.29) is 11.9 Å². The van der Waals surface area contributed by atoms with Gasteiger partial charge in [0.15, 0.2) is 0 Å². The molecule has 7 heteroatoms. The number of carbonyl (C=O) groups is 1. The lowest BCUT2D eigenvalue weighted by atomic mass is 10.2. The maximum atomic E-state index is 12.5. The van der Waals surface area contributed by atoms with Gasteiger partial charge < -0.3 is 10.3 Å². The molecule has 1 amide bonds. The molecule has 0 unspecified atom stereocenters. The Bertz CT molecular complexity index is 971. The number of aromatic nitrogens is 5. The number of hydrogen-bond donors (Lipinski definition) is 2. The summed E-state index contributed by atoms with van der Waals surface area (Å²) < 4.78 is 1.64. The second-order valence-electron chi connectivity index (χ2n) is 5.72. The predicted molar refractivity (Wildman–Crippen MR) is 93.3 cm³/mol. The van der Waals surface area contributed by atoms with Crippen LogP contribution in [0.2, 0.25) is 0 Å². The van der Waals surface area contributed by atoms with Crippen molar-refractivity contribution in [3.63, 3.8) is 0 Å². The van der Waals surface area contributed by atoms with Crippen LogP contribution in [0.5, 0.6) is 0 Å². The predicted octanol–water partition coefficient (Wildman–Crippen LogP) is 2.63. The maximum absolute atomic E-state index is 12.5. The van der Waals surface area contributed by atoms with Crippen LogP contribution in [-0.2, 0) is 0 Å². The summed E-state index contributed by atoms with van der Waals surface area (Å²) in [4.78, 5) is 24.1. The molecule has 0 saturated carbocycles. The van der Waals surface area contributed by atoms with Gasteiger partial charge in [-0.1, -0.05) is 12.1 Å². The Hall–Kier alpha value is -3.48. The number of hydrogen-bond acceptors (Lipinski definition) is 4. The fraction of sp³-hybridized carbons (Fsp3) is 0.111. The Morgan fingerprint density at radius 2 is 1.96 bits per heavy atom. The van der Waals surface area contributed by atoms with Gasteiger partial charge in [-0.2, -0.15) is 5.10 Å². The van der Waals surface area contributed by atoms with Crippen LogP contribution in [-0.4, -0.2) is 30.6 Å². The number of rotatable bonds is 4. The average Bonchev–Trinajstić information content (AvgIpc) is 3.31. The number of amides is 1. The molecule has 0 aliphatic heterocycles. The SMILES string of the molecule is C[C@@H](NC(=O)c1ccc(-n2cncn2)cc1)c1nc2ccccc2[nH]1. The van der Waals surface area contributed by atoms with E-state index < -0.39 is 0 Å². The molecule has 124 valence electrons. The summed E-state index contributed by atoms with van der Waals surface area (Å²) in [6, 6.07) is 14.7. The number of H-pyrrole nitrogens is 1. The van der Waals surface area contributed by atoms with Gasteiger partial charge >= 0.3 is 0 Å². The molecule has 2 N–H and O–H groups in total. The van der Waals surface area contributed by atoms with Crippen molar-refractivity contribution in [3.05, 3.63) is 72.6 Å². The zero-order valence-electron chi connectivity index (χ0n) is 13.5. The molecule has 0 fully saturated rings. The van der Waals surface area contributed by atoms with E-state index in [2.05, 4.69) is 25.4 Å². The summed E-state index contributed by atoms with van der Waals surface area (Å²) in [7, 11) is 0. The van der Waals surface area contributed by atoms with Crippen LogP contribution in [0.1, 0.15) is 29.1 Å². The van der Waals surface area contributed by atoms with Gasteiger partial charge in [0.1, 0.15) is 18.5 Å². The first-order valence-corrected chi connectivity index (χ1v) is 7.91. The largest absolute Gasteiger partial charge is 0.342 e. The maximum Gasteiger partial charge on any atom is 0.251 e. The van der Waals surface area contributed by atoms with Crippen LogP contribution in [0.4, 0.5) is 0 Å². The van der Waals surface area contributed by atoms with Gasteiger partial charge in [-0.15, -0.1) is 0 Å². The first kappa shape index (κ1) is 15.1. The molecule has 0 spiro atoms. The number of aromatic amines is 1. The summed E-state index contributed by atoms with van der Waals surface area (Å²) >= 11 is 0. The van der Waals surface area contributed by atoms with Gasteiger partial charge in [0, 0.05) is 5.56 Å². The van der Waals surface area contributed by atoms with Crippen molar-refractivity contribution in [1.82, 2.24) is 30.0 Å². The fourth-order valence-corrected chi connectivity index (χ4v) is 2.63. The summed E-state index contributed by atoms with van der Waals surface area (Å²) in [5.74, 6) is 0.576. The van der Waals surface area contributed by atoms with Gasteiger partial charge in [0.25, 0.3) is 5.91 Å². The van der Waals surface area contributed by atoms with Gasteiger partial charge in [-0.3, -0.25) is 4.79 Å². The summed E-state index contributed by atoms with van der Waals surface area (Å²) in [6.45, 7) is 1.90. The minimum Gasteiger partial charge on any atom is -0.342 e. The number of fused-ring (bicyclic) bond motifs is 1. The highest BCUT2D eigenvalue weighted by Gasteiger charge is 2.15. The molecule has 0 bridgehead atoms. The highest BCUT2D eigenvalue weighted by atomic mass is 16.1. The van der Waals surface area contributed by atoms with Crippen molar-refractivity contribution in [3.8, 4) is 5.69 Å². The number of carbonyl (C=O) groups excluding carboxylic acids is 1. The molecule has 0 saturated heterocycles. The van der Waals surface area contributed by atoms with Crippen LogP contribution in [0.3, 0.4) is 0 Å². The Morgan fingerprint density at radius 1 is 1.16 bits per heavy atom. The minimum absolute atomic E-state index is 0.155. The van der Waals surface area contributed by atoms with Crippen LogP contribution < -0.4 is 5.32 Å². The van der Waals surface area contributed by atoms with E-state index in [0.29, 0.717) is 5.56 Å².